The van der Waals surface area contributed by atoms with Gasteiger partial charge >= 0.3 is 0 Å². The molecule has 45 heavy (non-hydrogen) atoms. The predicted octanol–water partition coefficient (Wildman–Crippen LogP) is 12.1. The Kier molecular flexibility index (Phi) is 12.7. The molecule has 6 aromatic rings. The number of hydrogen-bond donors (Lipinski definition) is 1. The van der Waals surface area contributed by atoms with Gasteiger partial charge in [-0.25, -0.2) is 0 Å². The Balaban J connectivity index is 0.000000199. The van der Waals surface area contributed by atoms with Crippen LogP contribution in [0.4, 0.5) is 0 Å². The molecular formula is C44H45N. The lowest BCUT2D eigenvalue weighted by atomic mass is 9.88. The van der Waals surface area contributed by atoms with Crippen molar-refractivity contribution in [3.05, 3.63) is 180 Å². The lowest BCUT2D eigenvalue weighted by molar-refractivity contribution is 0.758. The van der Waals surface area contributed by atoms with E-state index in [0.29, 0.717) is 5.92 Å². The normalized spacial score (nSPS) is 10.8. The second-order valence-electron chi connectivity index (χ2n) is 11.4. The molecule has 0 aliphatic rings. The molecule has 1 N–H and O–H groups in total. The summed E-state index contributed by atoms with van der Waals surface area (Å²) in [6, 6.07) is 57.5. The fourth-order valence-electron chi connectivity index (χ4n) is 5.15. The van der Waals surface area contributed by atoms with Gasteiger partial charge in [0.05, 0.1) is 0 Å². The standard InChI is InChI=1S/C26H22.C11H15N.C7H8/c1-2-20-17-18-25(26(19-20)22-13-7-4-8-14-22)24-16-10-9-15-23(24)21-11-5-3-6-12-21;1-9(10(2)12)8-11-6-4-3-5-7-11;1-7-5-3-2-4-6-7/h3-19H,2H2,1H3;3-7,9,12H,8H2,1-2H3;2-6H,1H3. The van der Waals surface area contributed by atoms with Gasteiger partial charge in [-0.15, -0.1) is 0 Å². The summed E-state index contributed by atoms with van der Waals surface area (Å²) in [6.07, 6.45) is 2.02. The van der Waals surface area contributed by atoms with Crippen molar-refractivity contribution in [1.82, 2.24) is 0 Å². The molecular weight excluding hydrogens is 542 g/mol. The Bertz CT molecular complexity index is 1720. The zero-order valence-electron chi connectivity index (χ0n) is 27.1. The first-order valence-corrected chi connectivity index (χ1v) is 15.9. The molecule has 0 radical (unpaired) electrons. The van der Waals surface area contributed by atoms with E-state index in [9.17, 15) is 0 Å². The predicted molar refractivity (Wildman–Crippen MR) is 196 cm³/mol. The highest BCUT2D eigenvalue weighted by Gasteiger charge is 2.12. The summed E-state index contributed by atoms with van der Waals surface area (Å²) in [5.41, 5.74) is 12.4. The van der Waals surface area contributed by atoms with E-state index in [4.69, 9.17) is 5.41 Å². The van der Waals surface area contributed by atoms with E-state index in [0.717, 1.165) is 18.6 Å². The van der Waals surface area contributed by atoms with Crippen molar-refractivity contribution in [3.8, 4) is 33.4 Å². The molecule has 6 rings (SSSR count). The first kappa shape index (κ1) is 32.9. The van der Waals surface area contributed by atoms with Crippen LogP contribution in [0.1, 0.15) is 37.5 Å². The quantitative estimate of drug-likeness (QED) is 0.180. The van der Waals surface area contributed by atoms with Gasteiger partial charge in [0.1, 0.15) is 0 Å². The molecule has 1 atom stereocenters. The molecule has 0 fully saturated rings. The Morgan fingerprint density at radius 1 is 0.511 bits per heavy atom. The first-order chi connectivity index (χ1) is 22.0. The maximum absolute atomic E-state index is 7.45. The van der Waals surface area contributed by atoms with Crippen molar-refractivity contribution in [2.75, 3.05) is 0 Å². The van der Waals surface area contributed by atoms with Gasteiger partial charge in [0.15, 0.2) is 0 Å². The molecule has 0 aliphatic heterocycles. The van der Waals surface area contributed by atoms with Gasteiger partial charge in [0, 0.05) is 5.71 Å². The van der Waals surface area contributed by atoms with Gasteiger partial charge in [-0.1, -0.05) is 183 Å². The average Bonchev–Trinajstić information content (AvgIpc) is 3.10. The molecule has 0 aromatic heterocycles. The SMILES string of the molecule is CC(=N)C(C)Cc1ccccc1.CCc1ccc(-c2ccccc2-c2ccccc2)c(-c2ccccc2)c1.Cc1ccccc1. The maximum atomic E-state index is 7.45. The second-order valence-corrected chi connectivity index (χ2v) is 11.4. The fraction of sp³-hybridized carbons (Fsp3) is 0.159. The molecule has 1 heteroatoms. The monoisotopic (exact) mass is 587 g/mol. The maximum Gasteiger partial charge on any atom is 0.00896 e. The molecule has 0 saturated heterocycles. The highest BCUT2D eigenvalue weighted by atomic mass is 14.4. The van der Waals surface area contributed by atoms with E-state index in [1.165, 1.54) is 50.1 Å². The lowest BCUT2D eigenvalue weighted by Crippen LogP contribution is -2.08. The third-order valence-electron chi connectivity index (χ3n) is 7.94. The van der Waals surface area contributed by atoms with Crippen molar-refractivity contribution >= 4 is 5.71 Å². The van der Waals surface area contributed by atoms with Crippen LogP contribution in [0.25, 0.3) is 33.4 Å². The van der Waals surface area contributed by atoms with Crippen LogP contribution in [0.3, 0.4) is 0 Å². The van der Waals surface area contributed by atoms with Crippen LogP contribution in [-0.4, -0.2) is 5.71 Å². The van der Waals surface area contributed by atoms with Crippen molar-refractivity contribution in [3.63, 3.8) is 0 Å². The Morgan fingerprint density at radius 3 is 1.44 bits per heavy atom. The minimum absolute atomic E-state index is 0.368. The zero-order valence-corrected chi connectivity index (χ0v) is 27.1. The third kappa shape index (κ3) is 10.0. The van der Waals surface area contributed by atoms with Gasteiger partial charge in [0.25, 0.3) is 0 Å². The molecule has 0 heterocycles. The number of rotatable bonds is 7. The van der Waals surface area contributed by atoms with E-state index in [1.54, 1.807) is 0 Å². The van der Waals surface area contributed by atoms with Gasteiger partial charge in [-0.3, -0.25) is 0 Å². The number of hydrogen-bond acceptors (Lipinski definition) is 1. The highest BCUT2D eigenvalue weighted by Crippen LogP contribution is 2.38. The Morgan fingerprint density at radius 2 is 0.956 bits per heavy atom. The molecule has 0 saturated carbocycles. The Labute approximate surface area is 270 Å². The summed E-state index contributed by atoms with van der Waals surface area (Å²) in [5.74, 6) is 0.368. The summed E-state index contributed by atoms with van der Waals surface area (Å²) in [4.78, 5) is 0. The van der Waals surface area contributed by atoms with E-state index < -0.39 is 0 Å². The van der Waals surface area contributed by atoms with Crippen LogP contribution in [0.2, 0.25) is 0 Å². The van der Waals surface area contributed by atoms with Crippen molar-refractivity contribution in [2.24, 2.45) is 5.92 Å². The average molecular weight is 588 g/mol. The van der Waals surface area contributed by atoms with Crippen molar-refractivity contribution in [1.29, 1.82) is 5.41 Å². The summed E-state index contributed by atoms with van der Waals surface area (Å²) in [6.45, 7) is 8.25. The van der Waals surface area contributed by atoms with Crippen molar-refractivity contribution in [2.45, 2.75) is 40.5 Å². The van der Waals surface area contributed by atoms with E-state index in [-0.39, 0.29) is 0 Å². The molecule has 6 aromatic carbocycles. The van der Waals surface area contributed by atoms with Crippen LogP contribution >= 0.6 is 0 Å². The smallest absolute Gasteiger partial charge is 0.00896 e. The van der Waals surface area contributed by atoms with Crippen LogP contribution in [0.15, 0.2) is 164 Å². The summed E-state index contributed by atoms with van der Waals surface area (Å²) in [5, 5.41) is 7.45. The topological polar surface area (TPSA) is 23.9 Å². The molecule has 0 amide bonds. The molecule has 1 nitrogen and oxygen atoms in total. The van der Waals surface area contributed by atoms with Crippen LogP contribution < -0.4 is 0 Å². The third-order valence-corrected chi connectivity index (χ3v) is 7.94. The summed E-state index contributed by atoms with van der Waals surface area (Å²) in [7, 11) is 0. The first-order valence-electron chi connectivity index (χ1n) is 15.9. The Hall–Kier alpha value is -5.01. The lowest BCUT2D eigenvalue weighted by Gasteiger charge is -2.16. The second kappa shape index (κ2) is 17.3. The summed E-state index contributed by atoms with van der Waals surface area (Å²) < 4.78 is 0. The van der Waals surface area contributed by atoms with Gasteiger partial charge in [-0.2, -0.15) is 0 Å². The van der Waals surface area contributed by atoms with Gasteiger partial charge in [-0.05, 0) is 77.1 Å². The highest BCUT2D eigenvalue weighted by molar-refractivity contribution is 5.91. The van der Waals surface area contributed by atoms with E-state index in [2.05, 4.69) is 148 Å². The van der Waals surface area contributed by atoms with Crippen LogP contribution in [0, 0.1) is 18.3 Å². The molecule has 1 unspecified atom stereocenters. The van der Waals surface area contributed by atoms with Gasteiger partial charge < -0.3 is 5.41 Å². The minimum Gasteiger partial charge on any atom is -0.310 e. The molecule has 0 spiro atoms. The summed E-state index contributed by atoms with van der Waals surface area (Å²) >= 11 is 0. The van der Waals surface area contributed by atoms with Crippen LogP contribution in [-0.2, 0) is 12.8 Å². The van der Waals surface area contributed by atoms with E-state index >= 15 is 0 Å². The minimum atomic E-state index is 0.368. The molecule has 226 valence electrons. The van der Waals surface area contributed by atoms with Gasteiger partial charge in [0.2, 0.25) is 0 Å². The van der Waals surface area contributed by atoms with Crippen LogP contribution in [0.5, 0.6) is 0 Å². The number of nitrogens with one attached hydrogen (secondary N) is 1. The number of benzene rings is 6. The number of aryl methyl sites for hydroxylation is 2. The zero-order chi connectivity index (χ0) is 31.9. The fourth-order valence-corrected chi connectivity index (χ4v) is 5.15. The van der Waals surface area contributed by atoms with E-state index in [1.807, 2.05) is 43.3 Å². The van der Waals surface area contributed by atoms with Crippen molar-refractivity contribution < 1.29 is 0 Å². The molecule has 0 bridgehead atoms. The largest absolute Gasteiger partial charge is 0.310 e. The molecule has 0 aliphatic carbocycles.